The van der Waals surface area contributed by atoms with Crippen LogP contribution in [0.2, 0.25) is 10.0 Å². The summed E-state index contributed by atoms with van der Waals surface area (Å²) in [5.74, 6) is 0. The first-order valence-corrected chi connectivity index (χ1v) is 11.6. The van der Waals surface area contributed by atoms with Gasteiger partial charge in [0, 0.05) is 16.2 Å². The second kappa shape index (κ2) is 9.95. The predicted octanol–water partition coefficient (Wildman–Crippen LogP) is 6.22. The van der Waals surface area contributed by atoms with Crippen LogP contribution in [0.3, 0.4) is 0 Å². The molecule has 0 aliphatic heterocycles. The van der Waals surface area contributed by atoms with Gasteiger partial charge in [0.2, 0.25) is 0 Å². The standard InChI is InChI=1S/C24H24Cl2N6S/c1-15-6-4-5-7-18(15)12-31-14-21(11-27-31)28-24(33)29-23-16(2)30-32(17(23)3)13-19-8-9-20(25)10-22(19)26/h4-11,14H,12-13H2,1-3H3,(H2,28,29,33). The molecule has 9 heteroatoms. The van der Waals surface area contributed by atoms with Crippen molar-refractivity contribution >= 4 is 51.9 Å². The Morgan fingerprint density at radius 2 is 1.79 bits per heavy atom. The van der Waals surface area contributed by atoms with Crippen LogP contribution >= 0.6 is 35.4 Å². The zero-order valence-electron chi connectivity index (χ0n) is 18.6. The second-order valence-electron chi connectivity index (χ2n) is 7.87. The summed E-state index contributed by atoms with van der Waals surface area (Å²) in [6.45, 7) is 7.28. The van der Waals surface area contributed by atoms with Crippen molar-refractivity contribution in [2.75, 3.05) is 10.6 Å². The summed E-state index contributed by atoms with van der Waals surface area (Å²) in [5, 5.41) is 17.3. The third-order valence-corrected chi connectivity index (χ3v) is 6.23. The van der Waals surface area contributed by atoms with Crippen molar-refractivity contribution in [2.45, 2.75) is 33.9 Å². The number of hydrogen-bond acceptors (Lipinski definition) is 3. The Balaban J connectivity index is 1.42. The number of benzene rings is 2. The fourth-order valence-corrected chi connectivity index (χ4v) is 4.28. The monoisotopic (exact) mass is 498 g/mol. The topological polar surface area (TPSA) is 59.7 Å². The quantitative estimate of drug-likeness (QED) is 0.309. The van der Waals surface area contributed by atoms with Gasteiger partial charge in [-0.3, -0.25) is 9.36 Å². The lowest BCUT2D eigenvalue weighted by Crippen LogP contribution is -2.19. The second-order valence-corrected chi connectivity index (χ2v) is 9.12. The maximum Gasteiger partial charge on any atom is 0.175 e. The van der Waals surface area contributed by atoms with Crippen LogP contribution in [0, 0.1) is 20.8 Å². The molecule has 0 saturated heterocycles. The number of hydrogen-bond donors (Lipinski definition) is 2. The maximum absolute atomic E-state index is 6.33. The Kier molecular flexibility index (Phi) is 7.02. The van der Waals surface area contributed by atoms with Crippen LogP contribution in [0.4, 0.5) is 11.4 Å². The zero-order chi connectivity index (χ0) is 23.5. The van der Waals surface area contributed by atoms with Crippen LogP contribution in [-0.2, 0) is 13.1 Å². The summed E-state index contributed by atoms with van der Waals surface area (Å²) in [5.41, 5.74) is 6.89. The van der Waals surface area contributed by atoms with Crippen molar-refractivity contribution in [1.82, 2.24) is 19.6 Å². The molecule has 0 aliphatic rings. The minimum atomic E-state index is 0.473. The number of aromatic nitrogens is 4. The van der Waals surface area contributed by atoms with Gasteiger partial charge in [-0.1, -0.05) is 53.5 Å². The first-order chi connectivity index (χ1) is 15.8. The number of nitrogens with zero attached hydrogens (tertiary/aromatic N) is 4. The van der Waals surface area contributed by atoms with Crippen molar-refractivity contribution in [1.29, 1.82) is 0 Å². The Bertz CT molecular complexity index is 1310. The van der Waals surface area contributed by atoms with E-state index in [4.69, 9.17) is 35.4 Å². The Morgan fingerprint density at radius 1 is 1.00 bits per heavy atom. The molecule has 0 fully saturated rings. The number of halogens is 2. The van der Waals surface area contributed by atoms with E-state index in [0.717, 1.165) is 28.3 Å². The molecule has 6 nitrogen and oxygen atoms in total. The van der Waals surface area contributed by atoms with Crippen molar-refractivity contribution in [3.8, 4) is 0 Å². The summed E-state index contributed by atoms with van der Waals surface area (Å²) in [6.07, 6.45) is 3.70. The van der Waals surface area contributed by atoms with E-state index in [1.165, 1.54) is 11.1 Å². The molecule has 0 unspecified atom stereocenters. The number of rotatable bonds is 6. The van der Waals surface area contributed by atoms with E-state index in [1.807, 2.05) is 53.7 Å². The first-order valence-electron chi connectivity index (χ1n) is 10.4. The lowest BCUT2D eigenvalue weighted by Gasteiger charge is -2.11. The molecule has 0 bridgehead atoms. The van der Waals surface area contributed by atoms with Crippen molar-refractivity contribution in [3.63, 3.8) is 0 Å². The number of aryl methyl sites for hydroxylation is 2. The highest BCUT2D eigenvalue weighted by molar-refractivity contribution is 7.80. The van der Waals surface area contributed by atoms with Crippen molar-refractivity contribution in [3.05, 3.63) is 93.0 Å². The SMILES string of the molecule is Cc1ccccc1Cn1cc(NC(=S)Nc2c(C)nn(Cc3ccc(Cl)cc3Cl)c2C)cn1. The molecule has 170 valence electrons. The maximum atomic E-state index is 6.33. The molecule has 0 saturated carbocycles. The summed E-state index contributed by atoms with van der Waals surface area (Å²) < 4.78 is 3.79. The van der Waals surface area contributed by atoms with Gasteiger partial charge in [0.15, 0.2) is 5.11 Å². The Morgan fingerprint density at radius 3 is 2.55 bits per heavy atom. The molecule has 2 aromatic carbocycles. The average molecular weight is 499 g/mol. The van der Waals surface area contributed by atoms with Crippen molar-refractivity contribution in [2.24, 2.45) is 0 Å². The molecule has 0 radical (unpaired) electrons. The first kappa shape index (κ1) is 23.3. The third-order valence-electron chi connectivity index (χ3n) is 5.44. The van der Waals surface area contributed by atoms with E-state index in [0.29, 0.717) is 28.2 Å². The number of anilines is 2. The van der Waals surface area contributed by atoms with Gasteiger partial charge in [0.05, 0.1) is 42.0 Å². The molecule has 0 aliphatic carbocycles. The van der Waals surface area contributed by atoms with Crippen LogP contribution in [0.25, 0.3) is 0 Å². The Labute approximate surface area is 208 Å². The highest BCUT2D eigenvalue weighted by Crippen LogP contribution is 2.25. The fraction of sp³-hybridized carbons (Fsp3) is 0.208. The molecule has 4 rings (SSSR count). The van der Waals surface area contributed by atoms with Gasteiger partial charge in [-0.05, 0) is 61.8 Å². The van der Waals surface area contributed by atoms with Gasteiger partial charge in [-0.15, -0.1) is 0 Å². The molecule has 33 heavy (non-hydrogen) atoms. The molecule has 2 N–H and O–H groups in total. The van der Waals surface area contributed by atoms with E-state index in [9.17, 15) is 0 Å². The smallest absolute Gasteiger partial charge is 0.175 e. The molecule has 0 spiro atoms. The molecular formula is C24H24Cl2N6S. The Hall–Kier alpha value is -2.87. The lowest BCUT2D eigenvalue weighted by atomic mass is 10.1. The van der Waals surface area contributed by atoms with Gasteiger partial charge < -0.3 is 10.6 Å². The molecule has 4 aromatic rings. The highest BCUT2D eigenvalue weighted by atomic mass is 35.5. The summed E-state index contributed by atoms with van der Waals surface area (Å²) in [4.78, 5) is 0. The van der Waals surface area contributed by atoms with Crippen molar-refractivity contribution < 1.29 is 0 Å². The van der Waals surface area contributed by atoms with Crippen LogP contribution in [-0.4, -0.2) is 24.7 Å². The fourth-order valence-electron chi connectivity index (χ4n) is 3.60. The van der Waals surface area contributed by atoms with Crippen LogP contribution in [0.5, 0.6) is 0 Å². The zero-order valence-corrected chi connectivity index (χ0v) is 20.9. The highest BCUT2D eigenvalue weighted by Gasteiger charge is 2.14. The minimum Gasteiger partial charge on any atom is -0.330 e. The predicted molar refractivity (Wildman–Crippen MR) is 140 cm³/mol. The molecule has 0 amide bonds. The normalized spacial score (nSPS) is 10.9. The number of thiocarbonyl (C=S) groups is 1. The van der Waals surface area contributed by atoms with E-state index in [-0.39, 0.29) is 0 Å². The molecule has 2 aromatic heterocycles. The van der Waals surface area contributed by atoms with Gasteiger partial charge >= 0.3 is 0 Å². The molecular weight excluding hydrogens is 475 g/mol. The van der Waals surface area contributed by atoms with Gasteiger partial charge in [-0.2, -0.15) is 10.2 Å². The van der Waals surface area contributed by atoms with Gasteiger partial charge in [-0.25, -0.2) is 0 Å². The largest absolute Gasteiger partial charge is 0.330 e. The number of nitrogens with one attached hydrogen (secondary N) is 2. The summed E-state index contributed by atoms with van der Waals surface area (Å²) >= 11 is 17.9. The van der Waals surface area contributed by atoms with Crippen LogP contribution in [0.15, 0.2) is 54.9 Å². The molecule has 0 atom stereocenters. The average Bonchev–Trinajstić information content (AvgIpc) is 3.31. The third kappa shape index (κ3) is 5.55. The van der Waals surface area contributed by atoms with E-state index < -0.39 is 0 Å². The summed E-state index contributed by atoms with van der Waals surface area (Å²) in [6, 6.07) is 13.8. The van der Waals surface area contributed by atoms with E-state index >= 15 is 0 Å². The minimum absolute atomic E-state index is 0.473. The van der Waals surface area contributed by atoms with Gasteiger partial charge in [0.25, 0.3) is 0 Å². The lowest BCUT2D eigenvalue weighted by molar-refractivity contribution is 0.659. The summed E-state index contributed by atoms with van der Waals surface area (Å²) in [7, 11) is 0. The van der Waals surface area contributed by atoms with E-state index in [2.05, 4.69) is 39.9 Å². The van der Waals surface area contributed by atoms with Crippen LogP contribution < -0.4 is 10.6 Å². The van der Waals surface area contributed by atoms with Gasteiger partial charge in [0.1, 0.15) is 0 Å². The van der Waals surface area contributed by atoms with E-state index in [1.54, 1.807) is 12.3 Å². The van der Waals surface area contributed by atoms with Crippen LogP contribution in [0.1, 0.15) is 28.1 Å². The molecule has 2 heterocycles.